The van der Waals surface area contributed by atoms with Gasteiger partial charge in [0.1, 0.15) is 0 Å². The van der Waals surface area contributed by atoms with E-state index in [1.165, 1.54) is 0 Å². The molecule has 0 atom stereocenters. The molecule has 176 valence electrons. The predicted molar refractivity (Wildman–Crippen MR) is 135 cm³/mol. The number of aromatic amines is 1. The van der Waals surface area contributed by atoms with Gasteiger partial charge in [0.15, 0.2) is 5.82 Å². The highest BCUT2D eigenvalue weighted by Crippen LogP contribution is 2.31. The van der Waals surface area contributed by atoms with Crippen LogP contribution in [0.15, 0.2) is 71.5 Å². The molecule has 0 fully saturated rings. The highest BCUT2D eigenvalue weighted by atomic mass is 32.1. The largest absolute Gasteiger partial charge is 0.478 e. The summed E-state index contributed by atoms with van der Waals surface area (Å²) in [6.45, 7) is 4.21. The van der Waals surface area contributed by atoms with Crippen LogP contribution in [0.3, 0.4) is 0 Å². The van der Waals surface area contributed by atoms with E-state index in [1.807, 2.05) is 66.9 Å². The van der Waals surface area contributed by atoms with Gasteiger partial charge in [-0.05, 0) is 42.7 Å². The Hall–Kier alpha value is -4.24. The van der Waals surface area contributed by atoms with Gasteiger partial charge in [0.05, 0.1) is 29.2 Å². The number of para-hydroxylation sites is 1. The van der Waals surface area contributed by atoms with Gasteiger partial charge in [-0.15, -0.1) is 0 Å². The second-order valence-corrected chi connectivity index (χ2v) is 9.06. The van der Waals surface area contributed by atoms with Crippen molar-refractivity contribution in [2.24, 2.45) is 0 Å². The Morgan fingerprint density at radius 2 is 1.77 bits per heavy atom. The number of carboxylic acids is 1. The smallest absolute Gasteiger partial charge is 0.344 e. The summed E-state index contributed by atoms with van der Waals surface area (Å²) in [7, 11) is 0. The van der Waals surface area contributed by atoms with Crippen molar-refractivity contribution < 1.29 is 14.6 Å². The molecule has 9 heteroatoms. The van der Waals surface area contributed by atoms with E-state index in [9.17, 15) is 14.7 Å². The van der Waals surface area contributed by atoms with E-state index < -0.39 is 5.97 Å². The minimum Gasteiger partial charge on any atom is -0.478 e. The van der Waals surface area contributed by atoms with Crippen LogP contribution < -0.4 is 9.61 Å². The fourth-order valence-corrected chi connectivity index (χ4v) is 4.52. The molecule has 2 N–H and O–H groups in total. The van der Waals surface area contributed by atoms with Crippen molar-refractivity contribution in [3.8, 4) is 28.5 Å². The van der Waals surface area contributed by atoms with Crippen LogP contribution in [0.1, 0.15) is 29.8 Å². The zero-order valence-corrected chi connectivity index (χ0v) is 19.9. The van der Waals surface area contributed by atoms with Crippen LogP contribution in [0, 0.1) is 0 Å². The Morgan fingerprint density at radius 1 is 1.03 bits per heavy atom. The molecule has 2 heterocycles. The van der Waals surface area contributed by atoms with Crippen molar-refractivity contribution in [1.82, 2.24) is 18.9 Å². The van der Waals surface area contributed by atoms with Gasteiger partial charge in [0.25, 0.3) is 6.01 Å². The molecule has 8 nitrogen and oxygen atoms in total. The third kappa shape index (κ3) is 4.45. The summed E-state index contributed by atoms with van der Waals surface area (Å²) in [4.78, 5) is 31.8. The van der Waals surface area contributed by atoms with Crippen molar-refractivity contribution in [2.75, 3.05) is 0 Å². The summed E-state index contributed by atoms with van der Waals surface area (Å²) < 4.78 is 10.7. The van der Waals surface area contributed by atoms with E-state index in [-0.39, 0.29) is 16.5 Å². The molecule has 0 spiro atoms. The zero-order chi connectivity index (χ0) is 24.5. The lowest BCUT2D eigenvalue weighted by Gasteiger charge is -2.14. The van der Waals surface area contributed by atoms with Crippen molar-refractivity contribution in [3.63, 3.8) is 0 Å². The van der Waals surface area contributed by atoms with Gasteiger partial charge in [0, 0.05) is 17.1 Å². The summed E-state index contributed by atoms with van der Waals surface area (Å²) in [5.41, 5.74) is 5.00. The van der Waals surface area contributed by atoms with Crippen molar-refractivity contribution >= 4 is 28.5 Å². The molecule has 0 bridgehead atoms. The number of imidazole rings is 1. The van der Waals surface area contributed by atoms with Crippen LogP contribution in [0.25, 0.3) is 33.5 Å². The van der Waals surface area contributed by atoms with Gasteiger partial charge < -0.3 is 9.84 Å². The number of carbonyl (C=O) groups is 1. The average Bonchev–Trinajstić information content (AvgIpc) is 3.42. The standard InChI is InChI=1S/C26H22N4O4S/c1-15(2)34-25-27-21-9-5-8-20(24(31)32)22(21)30(25)14-16-10-12-17(13-11-16)18-6-3-4-7-19(18)23-28-26(33)35-29-23/h3-13,15H,14H2,1-2H3,(H,31,32)(H,28,29,33). The van der Waals surface area contributed by atoms with E-state index in [1.54, 1.807) is 18.2 Å². The number of aromatic nitrogens is 4. The summed E-state index contributed by atoms with van der Waals surface area (Å²) in [6, 6.07) is 21.2. The van der Waals surface area contributed by atoms with Gasteiger partial charge in [-0.3, -0.25) is 13.7 Å². The topological polar surface area (TPSA) is 110 Å². The summed E-state index contributed by atoms with van der Waals surface area (Å²) >= 11 is 0.963. The lowest BCUT2D eigenvalue weighted by atomic mass is 9.98. The first kappa shape index (κ1) is 22.5. The molecule has 0 aliphatic carbocycles. The number of aromatic carboxylic acids is 1. The van der Waals surface area contributed by atoms with Crippen molar-refractivity contribution in [2.45, 2.75) is 26.5 Å². The average molecular weight is 487 g/mol. The molecule has 0 aliphatic heterocycles. The second kappa shape index (κ2) is 9.19. The van der Waals surface area contributed by atoms with Crippen molar-refractivity contribution in [1.29, 1.82) is 0 Å². The molecular weight excluding hydrogens is 464 g/mol. The zero-order valence-electron chi connectivity index (χ0n) is 19.1. The van der Waals surface area contributed by atoms with Crippen molar-refractivity contribution in [3.05, 3.63) is 87.5 Å². The monoisotopic (exact) mass is 486 g/mol. The van der Waals surface area contributed by atoms with Gasteiger partial charge in [-0.1, -0.05) is 54.6 Å². The maximum Gasteiger partial charge on any atom is 0.344 e. The molecule has 3 aromatic carbocycles. The predicted octanol–water partition coefficient (Wildman–Crippen LogP) is 5.05. The van der Waals surface area contributed by atoms with Crippen LogP contribution >= 0.6 is 11.5 Å². The fraction of sp³-hybridized carbons (Fsp3) is 0.154. The number of rotatable bonds is 7. The molecule has 0 saturated heterocycles. The molecular formula is C26H22N4O4S. The number of hydrogen-bond acceptors (Lipinski definition) is 6. The minimum atomic E-state index is -1.01. The molecule has 2 aromatic heterocycles. The van der Waals surface area contributed by atoms with E-state index in [2.05, 4.69) is 14.3 Å². The minimum absolute atomic E-state index is 0.116. The normalized spacial score (nSPS) is 11.3. The number of nitrogens with one attached hydrogen (secondary N) is 1. The molecule has 5 aromatic rings. The summed E-state index contributed by atoms with van der Waals surface area (Å²) in [6.07, 6.45) is -0.116. The van der Waals surface area contributed by atoms with E-state index in [4.69, 9.17) is 4.74 Å². The third-order valence-electron chi connectivity index (χ3n) is 5.53. The van der Waals surface area contributed by atoms with Crippen LogP contribution in [0.5, 0.6) is 6.01 Å². The second-order valence-electron chi connectivity index (χ2n) is 8.30. The Balaban J connectivity index is 1.53. The van der Waals surface area contributed by atoms with Crippen LogP contribution in [0.4, 0.5) is 0 Å². The molecule has 0 unspecified atom stereocenters. The Bertz CT molecular complexity index is 1580. The van der Waals surface area contributed by atoms with Crippen LogP contribution in [0.2, 0.25) is 0 Å². The highest BCUT2D eigenvalue weighted by molar-refractivity contribution is 7.03. The lowest BCUT2D eigenvalue weighted by Crippen LogP contribution is -2.12. The first-order valence-corrected chi connectivity index (χ1v) is 11.9. The first-order chi connectivity index (χ1) is 16.9. The summed E-state index contributed by atoms with van der Waals surface area (Å²) in [5, 5.41) is 9.74. The molecule has 0 aliphatic rings. The van der Waals surface area contributed by atoms with Crippen LogP contribution in [-0.2, 0) is 6.54 Å². The Kier molecular flexibility index (Phi) is 5.92. The molecule has 5 rings (SSSR count). The van der Waals surface area contributed by atoms with Gasteiger partial charge in [-0.25, -0.2) is 4.79 Å². The maximum atomic E-state index is 11.9. The molecule has 0 radical (unpaired) electrons. The number of fused-ring (bicyclic) bond motifs is 1. The quantitative estimate of drug-likeness (QED) is 0.333. The number of H-pyrrole nitrogens is 1. The summed E-state index contributed by atoms with van der Waals surface area (Å²) in [5.74, 6) is -0.471. The Morgan fingerprint density at radius 3 is 2.43 bits per heavy atom. The maximum absolute atomic E-state index is 11.9. The molecule has 0 saturated carbocycles. The van der Waals surface area contributed by atoms with E-state index in [0.29, 0.717) is 29.4 Å². The molecule has 35 heavy (non-hydrogen) atoms. The first-order valence-electron chi connectivity index (χ1n) is 11.0. The third-order valence-corrected chi connectivity index (χ3v) is 6.09. The van der Waals surface area contributed by atoms with Gasteiger partial charge in [-0.2, -0.15) is 9.97 Å². The number of benzene rings is 3. The highest BCUT2D eigenvalue weighted by Gasteiger charge is 2.20. The number of hydrogen-bond donors (Lipinski definition) is 2. The van der Waals surface area contributed by atoms with Crippen LogP contribution in [-0.4, -0.2) is 36.1 Å². The number of ether oxygens (including phenoxy) is 1. The lowest BCUT2D eigenvalue weighted by molar-refractivity contribution is 0.0698. The number of carboxylic acid groups (broad SMARTS) is 1. The molecule has 0 amide bonds. The Labute approximate surface area is 204 Å². The fourth-order valence-electron chi connectivity index (χ4n) is 4.04. The number of nitrogens with zero attached hydrogens (tertiary/aromatic N) is 3. The van der Waals surface area contributed by atoms with Gasteiger partial charge >= 0.3 is 10.8 Å². The SMILES string of the molecule is CC(C)Oc1nc2cccc(C(=O)O)c2n1Cc1ccc(-c2ccccc2-c2nc(=O)s[nH]2)cc1. The van der Waals surface area contributed by atoms with E-state index >= 15 is 0 Å². The van der Waals surface area contributed by atoms with Gasteiger partial charge in [0.2, 0.25) is 0 Å². The van der Waals surface area contributed by atoms with E-state index in [0.717, 1.165) is 33.8 Å².